The van der Waals surface area contributed by atoms with Gasteiger partial charge in [-0.25, -0.2) is 13.6 Å². The van der Waals surface area contributed by atoms with Gasteiger partial charge in [-0.3, -0.25) is 4.79 Å². The molecule has 1 aromatic carbocycles. The average molecular weight is 301 g/mol. The minimum atomic E-state index is -3.70. The van der Waals surface area contributed by atoms with Crippen LogP contribution >= 0.6 is 0 Å². The number of rotatable bonds is 5. The van der Waals surface area contributed by atoms with Crippen molar-refractivity contribution in [3.05, 3.63) is 24.3 Å². The van der Waals surface area contributed by atoms with Crippen molar-refractivity contribution < 1.29 is 22.7 Å². The van der Waals surface area contributed by atoms with Gasteiger partial charge in [0, 0.05) is 0 Å². The third-order valence-electron chi connectivity index (χ3n) is 2.15. The monoisotopic (exact) mass is 301 g/mol. The lowest BCUT2D eigenvalue weighted by atomic mass is 10.2. The highest BCUT2D eigenvalue weighted by Crippen LogP contribution is 2.15. The second-order valence-electron chi connectivity index (χ2n) is 5.20. The van der Waals surface area contributed by atoms with Crippen LogP contribution in [0.4, 0.5) is 0 Å². The number of hydrogen-bond acceptors (Lipinski definition) is 5. The van der Waals surface area contributed by atoms with Gasteiger partial charge in [-0.1, -0.05) is 0 Å². The van der Waals surface area contributed by atoms with Crippen molar-refractivity contribution >= 4 is 16.0 Å². The van der Waals surface area contributed by atoms with Crippen LogP contribution in [-0.2, 0) is 19.6 Å². The Kier molecular flexibility index (Phi) is 5.13. The molecule has 0 bridgehead atoms. The van der Waals surface area contributed by atoms with Gasteiger partial charge in [-0.05, 0) is 45.0 Å². The number of esters is 1. The Morgan fingerprint density at radius 2 is 1.75 bits per heavy atom. The van der Waals surface area contributed by atoms with Crippen molar-refractivity contribution in [1.29, 1.82) is 0 Å². The van der Waals surface area contributed by atoms with E-state index in [0.29, 0.717) is 5.75 Å². The number of nitrogens with two attached hydrogens (primary N) is 1. The fourth-order valence-corrected chi connectivity index (χ4v) is 1.89. The molecule has 0 fully saturated rings. The Bertz CT molecular complexity index is 557. The van der Waals surface area contributed by atoms with Crippen LogP contribution in [-0.4, -0.2) is 26.6 Å². The molecule has 0 amide bonds. The van der Waals surface area contributed by atoms with Crippen LogP contribution in [0.2, 0.25) is 0 Å². The average Bonchev–Trinajstić information content (AvgIpc) is 2.26. The molecule has 0 aliphatic heterocycles. The molecule has 0 aliphatic rings. The maximum atomic E-state index is 11.4. The van der Waals surface area contributed by atoms with Crippen LogP contribution in [0.15, 0.2) is 29.2 Å². The lowest BCUT2D eigenvalue weighted by molar-refractivity contribution is -0.155. The number of ether oxygens (including phenoxy) is 2. The molecule has 0 saturated carbocycles. The zero-order valence-electron chi connectivity index (χ0n) is 11.8. The summed E-state index contributed by atoms with van der Waals surface area (Å²) in [5.41, 5.74) is -0.520. The van der Waals surface area contributed by atoms with Crippen LogP contribution in [0.1, 0.15) is 27.2 Å². The van der Waals surface area contributed by atoms with Gasteiger partial charge < -0.3 is 9.47 Å². The molecule has 0 unspecified atom stereocenters. The number of benzene rings is 1. The van der Waals surface area contributed by atoms with E-state index in [1.54, 1.807) is 20.8 Å². The summed E-state index contributed by atoms with van der Waals surface area (Å²) in [7, 11) is -3.70. The largest absolute Gasteiger partial charge is 0.493 e. The summed E-state index contributed by atoms with van der Waals surface area (Å²) in [4.78, 5) is 11.4. The van der Waals surface area contributed by atoms with Crippen molar-refractivity contribution in [2.45, 2.75) is 37.7 Å². The molecule has 112 valence electrons. The summed E-state index contributed by atoms with van der Waals surface area (Å²) in [6.07, 6.45) is 0.119. The standard InChI is InChI=1S/C13H19NO5S/c1-13(2,3)19-12(15)8-9-18-10-4-6-11(7-5-10)20(14,16)17/h4-7H,8-9H2,1-3H3,(H2,14,16,17). The van der Waals surface area contributed by atoms with E-state index in [-0.39, 0.29) is 23.9 Å². The molecule has 0 radical (unpaired) electrons. The van der Waals surface area contributed by atoms with Gasteiger partial charge in [0.1, 0.15) is 11.4 Å². The topological polar surface area (TPSA) is 95.7 Å². The van der Waals surface area contributed by atoms with E-state index in [1.165, 1.54) is 24.3 Å². The summed E-state index contributed by atoms with van der Waals surface area (Å²) in [6.45, 7) is 5.52. The van der Waals surface area contributed by atoms with Gasteiger partial charge in [-0.15, -0.1) is 0 Å². The van der Waals surface area contributed by atoms with Gasteiger partial charge in [0.2, 0.25) is 10.0 Å². The number of carbonyl (C=O) groups is 1. The van der Waals surface area contributed by atoms with E-state index in [9.17, 15) is 13.2 Å². The molecule has 0 aliphatic carbocycles. The van der Waals surface area contributed by atoms with E-state index in [2.05, 4.69) is 0 Å². The zero-order valence-corrected chi connectivity index (χ0v) is 12.6. The van der Waals surface area contributed by atoms with Crippen LogP contribution in [0.3, 0.4) is 0 Å². The summed E-state index contributed by atoms with van der Waals surface area (Å²) < 4.78 is 32.6. The van der Waals surface area contributed by atoms with E-state index in [4.69, 9.17) is 14.6 Å². The highest BCUT2D eigenvalue weighted by atomic mass is 32.2. The van der Waals surface area contributed by atoms with E-state index in [0.717, 1.165) is 0 Å². The molecule has 6 nitrogen and oxygen atoms in total. The normalized spacial score (nSPS) is 12.0. The second-order valence-corrected chi connectivity index (χ2v) is 6.76. The van der Waals surface area contributed by atoms with Crippen molar-refractivity contribution in [3.63, 3.8) is 0 Å². The number of primary sulfonamides is 1. The lowest BCUT2D eigenvalue weighted by Crippen LogP contribution is -2.24. The Morgan fingerprint density at radius 1 is 1.20 bits per heavy atom. The molecule has 0 aromatic heterocycles. The Morgan fingerprint density at radius 3 is 2.20 bits per heavy atom. The molecule has 7 heteroatoms. The zero-order chi connectivity index (χ0) is 15.4. The number of hydrogen-bond donors (Lipinski definition) is 1. The molecule has 2 N–H and O–H groups in total. The molecule has 1 rings (SSSR count). The van der Waals surface area contributed by atoms with Crippen LogP contribution in [0.5, 0.6) is 5.75 Å². The highest BCUT2D eigenvalue weighted by molar-refractivity contribution is 7.89. The second kappa shape index (κ2) is 6.23. The Labute approximate surface area is 118 Å². The lowest BCUT2D eigenvalue weighted by Gasteiger charge is -2.19. The molecule has 1 aromatic rings. The number of carbonyl (C=O) groups excluding carboxylic acids is 1. The highest BCUT2D eigenvalue weighted by Gasteiger charge is 2.16. The van der Waals surface area contributed by atoms with Gasteiger partial charge in [-0.2, -0.15) is 0 Å². The van der Waals surface area contributed by atoms with E-state index < -0.39 is 15.6 Å². The summed E-state index contributed by atoms with van der Waals surface area (Å²) in [5, 5.41) is 4.98. The first-order chi connectivity index (χ1) is 9.08. The number of sulfonamides is 1. The van der Waals surface area contributed by atoms with Crippen molar-refractivity contribution in [2.75, 3.05) is 6.61 Å². The third-order valence-corrected chi connectivity index (χ3v) is 3.08. The first-order valence-electron chi connectivity index (χ1n) is 6.05. The van der Waals surface area contributed by atoms with Crippen LogP contribution in [0, 0.1) is 0 Å². The van der Waals surface area contributed by atoms with Crippen LogP contribution in [0.25, 0.3) is 0 Å². The first-order valence-corrected chi connectivity index (χ1v) is 7.60. The predicted octanol–water partition coefficient (Wildman–Crippen LogP) is 1.44. The Balaban J connectivity index is 2.45. The minimum absolute atomic E-state index is 0.0111. The molecular formula is C13H19NO5S. The molecule has 0 spiro atoms. The molecule has 0 atom stereocenters. The van der Waals surface area contributed by atoms with E-state index in [1.807, 2.05) is 0 Å². The maximum absolute atomic E-state index is 11.4. The smallest absolute Gasteiger partial charge is 0.309 e. The van der Waals surface area contributed by atoms with Gasteiger partial charge in [0.15, 0.2) is 0 Å². The summed E-state index contributed by atoms with van der Waals surface area (Å²) >= 11 is 0. The third kappa shape index (κ3) is 6.03. The maximum Gasteiger partial charge on any atom is 0.309 e. The minimum Gasteiger partial charge on any atom is -0.493 e. The quantitative estimate of drug-likeness (QED) is 0.830. The molecule has 0 saturated heterocycles. The molecule has 0 heterocycles. The first kappa shape index (κ1) is 16.5. The Hall–Kier alpha value is -1.60. The fraction of sp³-hybridized carbons (Fsp3) is 0.462. The van der Waals surface area contributed by atoms with Gasteiger partial charge >= 0.3 is 5.97 Å². The van der Waals surface area contributed by atoms with Gasteiger partial charge in [0.25, 0.3) is 0 Å². The van der Waals surface area contributed by atoms with Crippen molar-refractivity contribution in [1.82, 2.24) is 0 Å². The van der Waals surface area contributed by atoms with Crippen molar-refractivity contribution in [3.8, 4) is 5.75 Å². The van der Waals surface area contributed by atoms with Gasteiger partial charge in [0.05, 0.1) is 17.9 Å². The van der Waals surface area contributed by atoms with Crippen molar-refractivity contribution in [2.24, 2.45) is 5.14 Å². The predicted molar refractivity (Wildman–Crippen MR) is 73.8 cm³/mol. The summed E-state index contributed by atoms with van der Waals surface area (Å²) in [5.74, 6) is 0.111. The van der Waals surface area contributed by atoms with Crippen LogP contribution < -0.4 is 9.88 Å². The molecule has 20 heavy (non-hydrogen) atoms. The van der Waals surface area contributed by atoms with E-state index >= 15 is 0 Å². The summed E-state index contributed by atoms with van der Waals surface area (Å²) in [6, 6.07) is 5.65. The SMILES string of the molecule is CC(C)(C)OC(=O)CCOc1ccc(S(N)(=O)=O)cc1. The molecular weight excluding hydrogens is 282 g/mol. The fourth-order valence-electron chi connectivity index (χ4n) is 1.37.